The average Bonchev–Trinajstić information content (AvgIpc) is 3.15. The van der Waals surface area contributed by atoms with E-state index in [1.54, 1.807) is 0 Å². The van der Waals surface area contributed by atoms with Crippen molar-refractivity contribution in [1.29, 1.82) is 0 Å². The minimum absolute atomic E-state index is 0.326. The van der Waals surface area contributed by atoms with E-state index in [9.17, 15) is 0 Å². The van der Waals surface area contributed by atoms with E-state index in [-0.39, 0.29) is 5.54 Å². The van der Waals surface area contributed by atoms with Gasteiger partial charge in [-0.15, -0.1) is 0 Å². The second-order valence-electron chi connectivity index (χ2n) is 5.98. The summed E-state index contributed by atoms with van der Waals surface area (Å²) in [6.07, 6.45) is 2.43. The molecule has 1 atom stereocenters. The number of H-pyrrole nitrogens is 1. The summed E-state index contributed by atoms with van der Waals surface area (Å²) < 4.78 is 0. The van der Waals surface area contributed by atoms with Crippen LogP contribution in [-0.4, -0.2) is 9.97 Å². The molecule has 3 N–H and O–H groups in total. The number of aromatic nitrogens is 2. The van der Waals surface area contributed by atoms with Gasteiger partial charge in [-0.3, -0.25) is 0 Å². The van der Waals surface area contributed by atoms with Gasteiger partial charge in [-0.2, -0.15) is 0 Å². The smallest absolute Gasteiger partial charge is 0.127 e. The molecule has 0 bridgehead atoms. The molecule has 1 aliphatic carbocycles. The lowest BCUT2D eigenvalue weighted by molar-refractivity contribution is 0.404. The Bertz CT molecular complexity index is 589. The fourth-order valence-corrected chi connectivity index (χ4v) is 2.58. The number of aryl methyl sites for hydroxylation is 2. The summed E-state index contributed by atoms with van der Waals surface area (Å²) in [5, 5.41) is 0. The van der Waals surface area contributed by atoms with Gasteiger partial charge in [0.1, 0.15) is 5.82 Å². The van der Waals surface area contributed by atoms with Crippen LogP contribution in [-0.2, 0) is 5.54 Å². The van der Waals surface area contributed by atoms with Crippen molar-refractivity contribution < 1.29 is 0 Å². The SMILES string of the molecule is Cc1ccc(-c2nc(C(C)(N)C3CC3)[nH]c2C)cc1. The van der Waals surface area contributed by atoms with Crippen LogP contribution in [0.1, 0.15) is 36.8 Å². The molecule has 3 heteroatoms. The first kappa shape index (κ1) is 12.4. The van der Waals surface area contributed by atoms with Gasteiger partial charge in [0.05, 0.1) is 11.2 Å². The molecule has 2 aromatic rings. The van der Waals surface area contributed by atoms with Crippen LogP contribution in [0.15, 0.2) is 24.3 Å². The highest BCUT2D eigenvalue weighted by Gasteiger charge is 2.42. The first-order valence-corrected chi connectivity index (χ1v) is 6.91. The number of nitrogens with one attached hydrogen (secondary N) is 1. The van der Waals surface area contributed by atoms with Crippen molar-refractivity contribution >= 4 is 0 Å². The van der Waals surface area contributed by atoms with Gasteiger partial charge in [0, 0.05) is 11.3 Å². The molecular weight excluding hydrogens is 234 g/mol. The number of hydrogen-bond donors (Lipinski definition) is 2. The van der Waals surface area contributed by atoms with E-state index in [4.69, 9.17) is 10.7 Å². The Hall–Kier alpha value is -1.61. The second kappa shape index (κ2) is 4.20. The molecule has 1 aromatic heterocycles. The van der Waals surface area contributed by atoms with E-state index in [2.05, 4.69) is 50.0 Å². The third-order valence-corrected chi connectivity index (χ3v) is 4.15. The standard InChI is InChI=1S/C16H21N3/c1-10-4-6-12(7-5-10)14-11(2)18-15(19-14)16(3,17)13-8-9-13/h4-7,13H,8-9,17H2,1-3H3,(H,18,19). The van der Waals surface area contributed by atoms with Crippen LogP contribution in [0.4, 0.5) is 0 Å². The molecule has 3 rings (SSSR count). The molecule has 1 unspecified atom stereocenters. The third kappa shape index (κ3) is 2.19. The van der Waals surface area contributed by atoms with Crippen molar-refractivity contribution in [2.75, 3.05) is 0 Å². The van der Waals surface area contributed by atoms with Gasteiger partial charge in [0.25, 0.3) is 0 Å². The number of nitrogens with zero attached hydrogens (tertiary/aromatic N) is 1. The number of hydrogen-bond acceptors (Lipinski definition) is 2. The van der Waals surface area contributed by atoms with Gasteiger partial charge in [0.15, 0.2) is 0 Å². The van der Waals surface area contributed by atoms with Crippen molar-refractivity contribution in [3.8, 4) is 11.3 Å². The first-order chi connectivity index (χ1) is 8.98. The van der Waals surface area contributed by atoms with E-state index < -0.39 is 0 Å². The van der Waals surface area contributed by atoms with E-state index >= 15 is 0 Å². The number of benzene rings is 1. The lowest BCUT2D eigenvalue weighted by atomic mass is 9.97. The summed E-state index contributed by atoms with van der Waals surface area (Å²) in [5.74, 6) is 1.49. The van der Waals surface area contributed by atoms with Gasteiger partial charge < -0.3 is 10.7 Å². The Labute approximate surface area is 114 Å². The number of aromatic amines is 1. The van der Waals surface area contributed by atoms with E-state index in [1.807, 2.05) is 0 Å². The minimum Gasteiger partial charge on any atom is -0.344 e. The number of rotatable bonds is 3. The fraction of sp³-hybridized carbons (Fsp3) is 0.438. The quantitative estimate of drug-likeness (QED) is 0.884. The molecule has 1 aromatic carbocycles. The van der Waals surface area contributed by atoms with Gasteiger partial charge in [-0.05, 0) is 39.5 Å². The van der Waals surface area contributed by atoms with Crippen LogP contribution in [0.5, 0.6) is 0 Å². The molecule has 1 fully saturated rings. The molecule has 0 saturated heterocycles. The summed E-state index contributed by atoms with van der Waals surface area (Å²) in [6.45, 7) is 6.24. The van der Waals surface area contributed by atoms with Crippen molar-refractivity contribution in [1.82, 2.24) is 9.97 Å². The van der Waals surface area contributed by atoms with Crippen LogP contribution in [0.25, 0.3) is 11.3 Å². The summed E-state index contributed by atoms with van der Waals surface area (Å²) >= 11 is 0. The van der Waals surface area contributed by atoms with Gasteiger partial charge in [-0.1, -0.05) is 29.8 Å². The van der Waals surface area contributed by atoms with E-state index in [0.717, 1.165) is 22.8 Å². The van der Waals surface area contributed by atoms with Gasteiger partial charge >= 0.3 is 0 Å². The van der Waals surface area contributed by atoms with Crippen molar-refractivity contribution in [2.45, 2.75) is 39.2 Å². The van der Waals surface area contributed by atoms with Crippen molar-refractivity contribution in [3.05, 3.63) is 41.3 Å². The highest BCUT2D eigenvalue weighted by Crippen LogP contribution is 2.43. The maximum atomic E-state index is 6.43. The van der Waals surface area contributed by atoms with E-state index in [1.165, 1.54) is 18.4 Å². The normalized spacial score (nSPS) is 18.3. The van der Waals surface area contributed by atoms with Crippen LogP contribution in [0, 0.1) is 19.8 Å². The molecule has 1 aliphatic rings. The largest absolute Gasteiger partial charge is 0.344 e. The van der Waals surface area contributed by atoms with Crippen molar-refractivity contribution in [3.63, 3.8) is 0 Å². The molecule has 3 nitrogen and oxygen atoms in total. The fourth-order valence-electron chi connectivity index (χ4n) is 2.58. The molecule has 19 heavy (non-hydrogen) atoms. The Morgan fingerprint density at radius 2 is 1.84 bits per heavy atom. The number of nitrogens with two attached hydrogens (primary N) is 1. The third-order valence-electron chi connectivity index (χ3n) is 4.15. The Kier molecular flexibility index (Phi) is 2.75. The maximum Gasteiger partial charge on any atom is 0.127 e. The molecule has 100 valence electrons. The summed E-state index contributed by atoms with van der Waals surface area (Å²) in [6, 6.07) is 8.47. The Morgan fingerprint density at radius 3 is 2.42 bits per heavy atom. The molecular formula is C16H21N3. The zero-order valence-electron chi connectivity index (χ0n) is 11.8. The summed E-state index contributed by atoms with van der Waals surface area (Å²) in [5.41, 5.74) is 10.6. The maximum absolute atomic E-state index is 6.43. The lowest BCUT2D eigenvalue weighted by Crippen LogP contribution is -2.36. The summed E-state index contributed by atoms with van der Waals surface area (Å²) in [7, 11) is 0. The molecule has 0 amide bonds. The van der Waals surface area contributed by atoms with Crippen LogP contribution in [0.3, 0.4) is 0 Å². The second-order valence-corrected chi connectivity index (χ2v) is 5.98. The molecule has 0 spiro atoms. The monoisotopic (exact) mass is 255 g/mol. The zero-order chi connectivity index (χ0) is 13.6. The minimum atomic E-state index is -0.326. The molecule has 0 radical (unpaired) electrons. The molecule has 1 heterocycles. The van der Waals surface area contributed by atoms with E-state index in [0.29, 0.717) is 5.92 Å². The first-order valence-electron chi connectivity index (χ1n) is 6.91. The Morgan fingerprint density at radius 1 is 1.21 bits per heavy atom. The summed E-state index contributed by atoms with van der Waals surface area (Å²) in [4.78, 5) is 8.15. The van der Waals surface area contributed by atoms with Gasteiger partial charge in [-0.25, -0.2) is 4.98 Å². The average molecular weight is 255 g/mol. The lowest BCUT2D eigenvalue weighted by Gasteiger charge is -2.21. The Balaban J connectivity index is 1.99. The predicted octanol–water partition coefficient (Wildman–Crippen LogP) is 3.28. The van der Waals surface area contributed by atoms with Gasteiger partial charge in [0.2, 0.25) is 0 Å². The van der Waals surface area contributed by atoms with Crippen LogP contribution < -0.4 is 5.73 Å². The molecule has 1 saturated carbocycles. The highest BCUT2D eigenvalue weighted by molar-refractivity contribution is 5.62. The highest BCUT2D eigenvalue weighted by atomic mass is 15.0. The molecule has 0 aliphatic heterocycles. The topological polar surface area (TPSA) is 54.7 Å². The van der Waals surface area contributed by atoms with Crippen molar-refractivity contribution in [2.24, 2.45) is 11.7 Å². The number of imidazole rings is 1. The predicted molar refractivity (Wildman–Crippen MR) is 77.8 cm³/mol. The van der Waals surface area contributed by atoms with Crippen LogP contribution >= 0.6 is 0 Å². The zero-order valence-corrected chi connectivity index (χ0v) is 11.8. The van der Waals surface area contributed by atoms with Crippen LogP contribution in [0.2, 0.25) is 0 Å².